The monoisotopic (exact) mass is 300 g/mol. The van der Waals surface area contributed by atoms with Gasteiger partial charge in [0.25, 0.3) is 0 Å². The summed E-state index contributed by atoms with van der Waals surface area (Å²) < 4.78 is 5.55. The number of rotatable bonds is 8. The molecule has 0 aliphatic heterocycles. The maximum Gasteiger partial charge on any atom is 0.191 e. The van der Waals surface area contributed by atoms with Crippen molar-refractivity contribution in [2.45, 2.75) is 53.7 Å². The van der Waals surface area contributed by atoms with Crippen LogP contribution >= 0.6 is 0 Å². The molecule has 126 valence electrons. The normalized spacial score (nSPS) is 16.0. The van der Waals surface area contributed by atoms with Gasteiger partial charge in [0.05, 0.1) is 6.10 Å². The van der Waals surface area contributed by atoms with Gasteiger partial charge in [0.2, 0.25) is 0 Å². The third-order valence-electron chi connectivity index (χ3n) is 3.93. The van der Waals surface area contributed by atoms with Gasteiger partial charge in [-0.05, 0) is 25.4 Å². The van der Waals surface area contributed by atoms with Crippen molar-refractivity contribution < 1.29 is 4.74 Å². The smallest absolute Gasteiger partial charge is 0.191 e. The summed E-state index contributed by atoms with van der Waals surface area (Å²) in [5, 5.41) is 6.74. The van der Waals surface area contributed by atoms with Crippen LogP contribution < -0.4 is 10.6 Å². The highest BCUT2D eigenvalue weighted by atomic mass is 16.5. The molecule has 0 saturated carbocycles. The number of nitrogens with zero attached hydrogens (tertiary/aromatic N) is 2. The van der Waals surface area contributed by atoms with Crippen molar-refractivity contribution in [3.63, 3.8) is 0 Å². The van der Waals surface area contributed by atoms with Crippen molar-refractivity contribution >= 4 is 5.96 Å². The second kappa shape index (κ2) is 10.0. The number of aliphatic imine (C=N–C) groups is 1. The summed E-state index contributed by atoms with van der Waals surface area (Å²) >= 11 is 0. The lowest BCUT2D eigenvalue weighted by Crippen LogP contribution is -2.49. The van der Waals surface area contributed by atoms with E-state index < -0.39 is 0 Å². The van der Waals surface area contributed by atoms with Crippen LogP contribution in [0, 0.1) is 5.41 Å². The van der Waals surface area contributed by atoms with Gasteiger partial charge in [0.1, 0.15) is 0 Å². The zero-order valence-corrected chi connectivity index (χ0v) is 15.3. The molecule has 0 aromatic heterocycles. The summed E-state index contributed by atoms with van der Waals surface area (Å²) in [4.78, 5) is 6.70. The predicted molar refractivity (Wildman–Crippen MR) is 92.0 cm³/mol. The van der Waals surface area contributed by atoms with E-state index in [-0.39, 0.29) is 11.5 Å². The highest BCUT2D eigenvalue weighted by molar-refractivity contribution is 5.79. The lowest BCUT2D eigenvalue weighted by Gasteiger charge is -2.30. The van der Waals surface area contributed by atoms with Crippen LogP contribution in [-0.4, -0.2) is 63.3 Å². The van der Waals surface area contributed by atoms with Crippen LogP contribution in [-0.2, 0) is 4.74 Å². The summed E-state index contributed by atoms with van der Waals surface area (Å²) in [5.41, 5.74) is 0.106. The molecule has 0 aromatic rings. The van der Waals surface area contributed by atoms with Gasteiger partial charge < -0.3 is 15.4 Å². The fourth-order valence-electron chi connectivity index (χ4n) is 2.37. The maximum absolute atomic E-state index is 5.55. The van der Waals surface area contributed by atoms with Crippen molar-refractivity contribution in [3.8, 4) is 0 Å². The second-order valence-electron chi connectivity index (χ2n) is 6.49. The Morgan fingerprint density at radius 1 is 1.14 bits per heavy atom. The minimum absolute atomic E-state index is 0.106. The van der Waals surface area contributed by atoms with E-state index in [0.717, 1.165) is 32.1 Å². The van der Waals surface area contributed by atoms with Gasteiger partial charge in [0.15, 0.2) is 5.96 Å². The van der Waals surface area contributed by atoms with E-state index in [9.17, 15) is 0 Å². The Bertz CT molecular complexity index is 295. The molecule has 2 atom stereocenters. The standard InChI is InChI=1S/C16H36N4O/c1-9-20(10-2)13(3)11-18-15(17-7)19-12-14(21-8)16(4,5)6/h13-14H,9-12H2,1-8H3,(H2,17,18,19). The highest BCUT2D eigenvalue weighted by Crippen LogP contribution is 2.20. The van der Waals surface area contributed by atoms with E-state index in [2.05, 4.69) is 62.1 Å². The van der Waals surface area contributed by atoms with Gasteiger partial charge in [-0.2, -0.15) is 0 Å². The van der Waals surface area contributed by atoms with Crippen molar-refractivity contribution in [3.05, 3.63) is 0 Å². The molecule has 0 fully saturated rings. The average molecular weight is 300 g/mol. The second-order valence-corrected chi connectivity index (χ2v) is 6.49. The molecule has 5 nitrogen and oxygen atoms in total. The predicted octanol–water partition coefficient (Wildman–Crippen LogP) is 1.94. The van der Waals surface area contributed by atoms with Gasteiger partial charge in [0, 0.05) is 33.3 Å². The van der Waals surface area contributed by atoms with Gasteiger partial charge in [-0.1, -0.05) is 34.6 Å². The quantitative estimate of drug-likeness (QED) is 0.531. The summed E-state index contributed by atoms with van der Waals surface area (Å²) in [5.74, 6) is 0.834. The zero-order valence-electron chi connectivity index (χ0n) is 15.3. The van der Waals surface area contributed by atoms with E-state index in [4.69, 9.17) is 4.74 Å². The van der Waals surface area contributed by atoms with Crippen molar-refractivity contribution in [2.75, 3.05) is 40.3 Å². The summed E-state index contributed by atoms with van der Waals surface area (Å²) in [7, 11) is 3.56. The van der Waals surface area contributed by atoms with Crippen LogP contribution in [0.3, 0.4) is 0 Å². The Morgan fingerprint density at radius 2 is 1.67 bits per heavy atom. The minimum atomic E-state index is 0.106. The van der Waals surface area contributed by atoms with Crippen LogP contribution in [0.15, 0.2) is 4.99 Å². The van der Waals surface area contributed by atoms with Gasteiger partial charge in [-0.3, -0.25) is 9.89 Å². The third kappa shape index (κ3) is 7.67. The summed E-state index contributed by atoms with van der Waals surface area (Å²) in [6.07, 6.45) is 0.149. The van der Waals surface area contributed by atoms with E-state index >= 15 is 0 Å². The molecule has 21 heavy (non-hydrogen) atoms. The molecule has 0 radical (unpaired) electrons. The first kappa shape index (κ1) is 20.2. The number of guanidine groups is 1. The Labute approximate surface area is 131 Å². The van der Waals surface area contributed by atoms with Gasteiger partial charge in [-0.15, -0.1) is 0 Å². The minimum Gasteiger partial charge on any atom is -0.379 e. The van der Waals surface area contributed by atoms with Crippen LogP contribution in [0.4, 0.5) is 0 Å². The fourth-order valence-corrected chi connectivity index (χ4v) is 2.37. The molecule has 2 unspecified atom stereocenters. The van der Waals surface area contributed by atoms with E-state index in [1.807, 2.05) is 0 Å². The van der Waals surface area contributed by atoms with Crippen LogP contribution in [0.5, 0.6) is 0 Å². The topological polar surface area (TPSA) is 48.9 Å². The summed E-state index contributed by atoms with van der Waals surface area (Å²) in [6.45, 7) is 16.9. The Morgan fingerprint density at radius 3 is 2.05 bits per heavy atom. The van der Waals surface area contributed by atoms with Crippen molar-refractivity contribution in [2.24, 2.45) is 10.4 Å². The van der Waals surface area contributed by atoms with Crippen LogP contribution in [0.25, 0.3) is 0 Å². The lowest BCUT2D eigenvalue weighted by atomic mass is 9.89. The van der Waals surface area contributed by atoms with Gasteiger partial charge in [-0.25, -0.2) is 0 Å². The van der Waals surface area contributed by atoms with E-state index in [0.29, 0.717) is 6.04 Å². The SMILES string of the molecule is CCN(CC)C(C)CNC(=NC)NCC(OC)C(C)(C)C. The lowest BCUT2D eigenvalue weighted by molar-refractivity contribution is 0.0205. The molecule has 0 aromatic carbocycles. The fraction of sp³-hybridized carbons (Fsp3) is 0.938. The first-order valence-corrected chi connectivity index (χ1v) is 8.01. The number of likely N-dealkylation sites (N-methyl/N-ethyl adjacent to an activating group) is 1. The Balaban J connectivity index is 4.30. The largest absolute Gasteiger partial charge is 0.379 e. The van der Waals surface area contributed by atoms with E-state index in [1.54, 1.807) is 14.2 Å². The molecule has 0 amide bonds. The number of hydrogen-bond donors (Lipinski definition) is 2. The molecular formula is C16H36N4O. The molecule has 0 bridgehead atoms. The molecule has 0 spiro atoms. The highest BCUT2D eigenvalue weighted by Gasteiger charge is 2.24. The molecule has 2 N–H and O–H groups in total. The van der Waals surface area contributed by atoms with Crippen LogP contribution in [0.2, 0.25) is 0 Å². The molecular weight excluding hydrogens is 264 g/mol. The number of nitrogens with one attached hydrogen (secondary N) is 2. The van der Waals surface area contributed by atoms with Gasteiger partial charge >= 0.3 is 0 Å². The Hall–Kier alpha value is -0.810. The molecule has 0 aliphatic rings. The average Bonchev–Trinajstić information content (AvgIpc) is 2.42. The molecule has 5 heteroatoms. The molecule has 0 saturated heterocycles. The number of ether oxygens (including phenoxy) is 1. The number of hydrogen-bond acceptors (Lipinski definition) is 3. The van der Waals surface area contributed by atoms with Crippen molar-refractivity contribution in [1.82, 2.24) is 15.5 Å². The molecule has 0 aliphatic carbocycles. The maximum atomic E-state index is 5.55. The molecule has 0 rings (SSSR count). The van der Waals surface area contributed by atoms with E-state index in [1.165, 1.54) is 0 Å². The zero-order chi connectivity index (χ0) is 16.5. The number of methoxy groups -OCH3 is 1. The third-order valence-corrected chi connectivity index (χ3v) is 3.93. The Kier molecular flexibility index (Phi) is 9.62. The first-order valence-electron chi connectivity index (χ1n) is 8.01. The summed E-state index contributed by atoms with van der Waals surface area (Å²) in [6, 6.07) is 0.486. The molecule has 0 heterocycles. The first-order chi connectivity index (χ1) is 9.79. The van der Waals surface area contributed by atoms with Crippen molar-refractivity contribution in [1.29, 1.82) is 0 Å². The van der Waals surface area contributed by atoms with Crippen LogP contribution in [0.1, 0.15) is 41.5 Å².